The molecule has 27 heavy (non-hydrogen) atoms. The van der Waals surface area contributed by atoms with Crippen molar-refractivity contribution in [1.82, 2.24) is 0 Å². The third kappa shape index (κ3) is 4.11. The van der Waals surface area contributed by atoms with E-state index in [1.807, 2.05) is 0 Å². The number of rotatable bonds is 4. The van der Waals surface area contributed by atoms with Crippen LogP contribution in [0.4, 0.5) is 11.4 Å². The number of azo groups is 1. The van der Waals surface area contributed by atoms with Crippen LogP contribution < -0.4 is 0 Å². The second-order valence-corrected chi connectivity index (χ2v) is 8.27. The molecule has 11 heteroatoms. The average molecular weight is 408 g/mol. The molecule has 140 valence electrons. The molecular weight excluding hydrogens is 396 g/mol. The highest BCUT2D eigenvalue weighted by atomic mass is 32.2. The lowest BCUT2D eigenvalue weighted by Gasteiger charge is -2.09. The number of aromatic hydroxyl groups is 1. The van der Waals surface area contributed by atoms with Crippen molar-refractivity contribution >= 4 is 42.4 Å². The van der Waals surface area contributed by atoms with Crippen LogP contribution in [0.2, 0.25) is 0 Å². The standard InChI is InChI=1S/C16H12N2O7S2/c19-12-6-4-11(5-7-12)17-18-14-3-1-2-10-8-13(26(20,21)22)9-15(16(10)14)27(23,24)25/h1-9,19H,(H,20,21,22)(H,23,24,25). The van der Waals surface area contributed by atoms with Gasteiger partial charge in [-0.2, -0.15) is 21.9 Å². The van der Waals surface area contributed by atoms with Crippen molar-refractivity contribution in [2.24, 2.45) is 10.2 Å². The topological polar surface area (TPSA) is 154 Å². The van der Waals surface area contributed by atoms with Crippen LogP contribution in [-0.4, -0.2) is 31.0 Å². The van der Waals surface area contributed by atoms with Crippen molar-refractivity contribution in [3.05, 3.63) is 54.6 Å². The van der Waals surface area contributed by atoms with Gasteiger partial charge in [0.25, 0.3) is 20.2 Å². The van der Waals surface area contributed by atoms with Crippen molar-refractivity contribution in [3.63, 3.8) is 0 Å². The maximum Gasteiger partial charge on any atom is 0.295 e. The molecule has 0 aliphatic heterocycles. The third-order valence-electron chi connectivity index (χ3n) is 3.59. The molecule has 0 aliphatic rings. The monoisotopic (exact) mass is 408 g/mol. The van der Waals surface area contributed by atoms with E-state index in [1.165, 1.54) is 42.5 Å². The SMILES string of the molecule is O=S(=O)(O)c1cc(S(=O)(=O)O)c2c(N=Nc3ccc(O)cc3)cccc2c1. The molecule has 0 aromatic heterocycles. The lowest BCUT2D eigenvalue weighted by molar-refractivity contribution is 0.475. The molecule has 3 N–H and O–H groups in total. The molecule has 0 aliphatic carbocycles. The number of hydrogen-bond donors (Lipinski definition) is 3. The maximum absolute atomic E-state index is 11.8. The molecule has 0 unspecified atom stereocenters. The van der Waals surface area contributed by atoms with E-state index < -0.39 is 30.0 Å². The van der Waals surface area contributed by atoms with Crippen molar-refractivity contribution in [1.29, 1.82) is 0 Å². The molecule has 0 heterocycles. The zero-order valence-corrected chi connectivity index (χ0v) is 15.0. The Hall–Kier alpha value is -2.86. The number of hydrogen-bond acceptors (Lipinski definition) is 7. The van der Waals surface area contributed by atoms with Crippen molar-refractivity contribution < 1.29 is 31.0 Å². The zero-order valence-electron chi connectivity index (χ0n) is 13.4. The fourth-order valence-corrected chi connectivity index (χ4v) is 3.78. The highest BCUT2D eigenvalue weighted by Crippen LogP contribution is 2.35. The van der Waals surface area contributed by atoms with Crippen LogP contribution in [0.3, 0.4) is 0 Å². The summed E-state index contributed by atoms with van der Waals surface area (Å²) in [5.41, 5.74) is 0.419. The molecular formula is C16H12N2O7S2. The summed E-state index contributed by atoms with van der Waals surface area (Å²) in [6.07, 6.45) is 0. The summed E-state index contributed by atoms with van der Waals surface area (Å²) in [7, 11) is -9.54. The van der Waals surface area contributed by atoms with Crippen molar-refractivity contribution in [3.8, 4) is 5.75 Å². The minimum atomic E-state index is -4.83. The van der Waals surface area contributed by atoms with E-state index in [2.05, 4.69) is 10.2 Å². The van der Waals surface area contributed by atoms with Gasteiger partial charge in [0, 0.05) is 5.39 Å². The van der Waals surface area contributed by atoms with Gasteiger partial charge in [-0.15, -0.1) is 5.11 Å². The lowest BCUT2D eigenvalue weighted by Crippen LogP contribution is -2.04. The largest absolute Gasteiger partial charge is 0.508 e. The Morgan fingerprint density at radius 3 is 2.04 bits per heavy atom. The van der Waals surface area contributed by atoms with Crippen molar-refractivity contribution in [2.45, 2.75) is 9.79 Å². The fraction of sp³-hybridized carbons (Fsp3) is 0. The minimum absolute atomic E-state index is 0.0329. The highest BCUT2D eigenvalue weighted by molar-refractivity contribution is 7.86. The van der Waals surface area contributed by atoms with Crippen molar-refractivity contribution in [2.75, 3.05) is 0 Å². The Bertz CT molecular complexity index is 1270. The van der Waals surface area contributed by atoms with Gasteiger partial charge in [-0.25, -0.2) is 0 Å². The summed E-state index contributed by atoms with van der Waals surface area (Å²) < 4.78 is 65.1. The van der Waals surface area contributed by atoms with E-state index >= 15 is 0 Å². The Morgan fingerprint density at radius 1 is 0.778 bits per heavy atom. The molecule has 0 radical (unpaired) electrons. The predicted octanol–water partition coefficient (Wildman–Crippen LogP) is 3.45. The molecule has 0 saturated carbocycles. The third-order valence-corrected chi connectivity index (χ3v) is 5.30. The molecule has 0 saturated heterocycles. The first-order chi connectivity index (χ1) is 12.6. The van der Waals surface area contributed by atoms with Gasteiger partial charge >= 0.3 is 0 Å². The van der Waals surface area contributed by atoms with Crippen LogP contribution >= 0.6 is 0 Å². The number of phenols is 1. The molecule has 9 nitrogen and oxygen atoms in total. The van der Waals surface area contributed by atoms with Gasteiger partial charge in [0.2, 0.25) is 0 Å². The first-order valence-electron chi connectivity index (χ1n) is 7.28. The quantitative estimate of drug-likeness (QED) is 0.441. The molecule has 0 fully saturated rings. The molecule has 3 rings (SSSR count). The Morgan fingerprint density at radius 2 is 1.44 bits per heavy atom. The summed E-state index contributed by atoms with van der Waals surface area (Å²) in [4.78, 5) is -1.41. The first-order valence-corrected chi connectivity index (χ1v) is 10.2. The van der Waals surface area contributed by atoms with Crippen LogP contribution in [0.25, 0.3) is 10.8 Å². The maximum atomic E-state index is 11.8. The lowest BCUT2D eigenvalue weighted by atomic mass is 10.1. The van der Waals surface area contributed by atoms with E-state index in [0.717, 1.165) is 6.07 Å². The molecule has 0 spiro atoms. The van der Waals surface area contributed by atoms with Crippen LogP contribution in [0.15, 0.2) is 74.6 Å². The second kappa shape index (κ2) is 6.70. The molecule has 0 amide bonds. The van der Waals surface area contributed by atoms with Gasteiger partial charge in [0.1, 0.15) is 10.6 Å². The summed E-state index contributed by atoms with van der Waals surface area (Å²) in [6, 6.07) is 11.7. The Kier molecular flexibility index (Phi) is 4.70. The van der Waals surface area contributed by atoms with E-state index in [-0.39, 0.29) is 22.2 Å². The summed E-state index contributed by atoms with van der Waals surface area (Å²) in [5, 5.41) is 17.2. The second-order valence-electron chi connectivity index (χ2n) is 5.46. The van der Waals surface area contributed by atoms with E-state index in [4.69, 9.17) is 0 Å². The fourth-order valence-electron chi connectivity index (χ4n) is 2.41. The Balaban J connectivity index is 2.27. The smallest absolute Gasteiger partial charge is 0.295 e. The van der Waals surface area contributed by atoms with Gasteiger partial charge in [0.05, 0.1) is 16.3 Å². The van der Waals surface area contributed by atoms with Crippen LogP contribution in [0.1, 0.15) is 0 Å². The van der Waals surface area contributed by atoms with E-state index in [1.54, 1.807) is 0 Å². The van der Waals surface area contributed by atoms with Gasteiger partial charge < -0.3 is 5.11 Å². The van der Waals surface area contributed by atoms with E-state index in [9.17, 15) is 31.0 Å². The molecule has 0 bridgehead atoms. The average Bonchev–Trinajstić information content (AvgIpc) is 2.58. The van der Waals surface area contributed by atoms with Crippen LogP contribution in [-0.2, 0) is 20.2 Å². The van der Waals surface area contributed by atoms with Gasteiger partial charge in [-0.1, -0.05) is 12.1 Å². The van der Waals surface area contributed by atoms with Gasteiger partial charge in [0.15, 0.2) is 0 Å². The summed E-state index contributed by atoms with van der Waals surface area (Å²) in [6.45, 7) is 0. The number of fused-ring (bicyclic) bond motifs is 1. The zero-order chi connectivity index (χ0) is 19.8. The molecule has 0 atom stereocenters. The molecule has 3 aromatic carbocycles. The highest BCUT2D eigenvalue weighted by Gasteiger charge is 2.22. The van der Waals surface area contributed by atoms with E-state index in [0.29, 0.717) is 11.8 Å². The predicted molar refractivity (Wildman–Crippen MR) is 95.9 cm³/mol. The minimum Gasteiger partial charge on any atom is -0.508 e. The normalized spacial score (nSPS) is 12.7. The van der Waals surface area contributed by atoms with Crippen LogP contribution in [0.5, 0.6) is 5.75 Å². The first kappa shape index (κ1) is 18.9. The summed E-state index contributed by atoms with van der Waals surface area (Å²) in [5.74, 6) is 0.0329. The number of phenolic OH excluding ortho intramolecular Hbond substituents is 1. The van der Waals surface area contributed by atoms with Crippen LogP contribution in [0, 0.1) is 0 Å². The number of nitrogens with zero attached hydrogens (tertiary/aromatic N) is 2. The Labute approximate surface area is 154 Å². The van der Waals surface area contributed by atoms with Gasteiger partial charge in [-0.05, 0) is 47.9 Å². The molecule has 3 aromatic rings. The summed E-state index contributed by atoms with van der Waals surface area (Å²) >= 11 is 0. The van der Waals surface area contributed by atoms with Gasteiger partial charge in [-0.3, -0.25) is 9.11 Å². The number of benzene rings is 3.